The van der Waals surface area contributed by atoms with Crippen LogP contribution in [0.25, 0.3) is 5.69 Å². The summed E-state index contributed by atoms with van der Waals surface area (Å²) in [6, 6.07) is 14.0. The highest BCUT2D eigenvalue weighted by Crippen LogP contribution is 2.29. The molecule has 34 heavy (non-hydrogen) atoms. The number of alkyl halides is 3. The number of carbonyl (C=O) groups is 2. The maximum Gasteiger partial charge on any atom is 0.434 e. The van der Waals surface area contributed by atoms with Gasteiger partial charge in [0.25, 0.3) is 5.91 Å². The van der Waals surface area contributed by atoms with Crippen molar-refractivity contribution in [3.05, 3.63) is 77.9 Å². The van der Waals surface area contributed by atoms with Crippen molar-refractivity contribution in [3.63, 3.8) is 0 Å². The van der Waals surface area contributed by atoms with Crippen molar-refractivity contribution >= 4 is 17.6 Å². The Kier molecular flexibility index (Phi) is 7.93. The Labute approximate surface area is 194 Å². The van der Waals surface area contributed by atoms with Crippen LogP contribution in [0.5, 0.6) is 0 Å². The van der Waals surface area contributed by atoms with E-state index in [0.717, 1.165) is 36.6 Å². The summed E-state index contributed by atoms with van der Waals surface area (Å²) in [6.45, 7) is 2.11. The van der Waals surface area contributed by atoms with Gasteiger partial charge in [0.2, 0.25) is 0 Å². The van der Waals surface area contributed by atoms with Crippen LogP contribution in [0.15, 0.2) is 61.1 Å². The van der Waals surface area contributed by atoms with E-state index in [1.54, 1.807) is 36.4 Å². The number of nitrogens with one attached hydrogen (secondary N) is 2. The molecule has 0 unspecified atom stereocenters. The van der Waals surface area contributed by atoms with Crippen LogP contribution < -0.4 is 10.6 Å². The van der Waals surface area contributed by atoms with E-state index in [-0.39, 0.29) is 24.9 Å². The van der Waals surface area contributed by atoms with Crippen molar-refractivity contribution in [2.45, 2.75) is 38.4 Å². The first kappa shape index (κ1) is 24.8. The summed E-state index contributed by atoms with van der Waals surface area (Å²) >= 11 is 0. The van der Waals surface area contributed by atoms with Gasteiger partial charge in [-0.25, -0.2) is 4.98 Å². The highest BCUT2D eigenvalue weighted by Gasteiger charge is 2.33. The maximum absolute atomic E-state index is 12.8. The van der Waals surface area contributed by atoms with Gasteiger partial charge in [0, 0.05) is 29.7 Å². The topological polar surface area (TPSA) is 96.3 Å². The van der Waals surface area contributed by atoms with E-state index in [4.69, 9.17) is 5.11 Å². The van der Waals surface area contributed by atoms with Crippen LogP contribution >= 0.6 is 0 Å². The van der Waals surface area contributed by atoms with Crippen LogP contribution in [0, 0.1) is 0 Å². The highest BCUT2D eigenvalue weighted by atomic mass is 19.4. The Morgan fingerprint density at radius 3 is 2.32 bits per heavy atom. The maximum atomic E-state index is 12.8. The minimum Gasteiger partial charge on any atom is -0.481 e. The Morgan fingerprint density at radius 1 is 1.09 bits per heavy atom. The Hall–Kier alpha value is -3.82. The smallest absolute Gasteiger partial charge is 0.434 e. The Morgan fingerprint density at radius 2 is 1.76 bits per heavy atom. The van der Waals surface area contributed by atoms with Crippen molar-refractivity contribution in [3.8, 4) is 5.69 Å². The number of halogens is 3. The summed E-state index contributed by atoms with van der Waals surface area (Å²) in [5, 5.41) is 14.7. The normalized spacial score (nSPS) is 12.2. The van der Waals surface area contributed by atoms with Crippen LogP contribution in [-0.2, 0) is 11.0 Å². The molecule has 0 radical (unpaired) electrons. The lowest BCUT2D eigenvalue weighted by molar-refractivity contribution is -0.141. The third-order valence-electron chi connectivity index (χ3n) is 5.16. The van der Waals surface area contributed by atoms with E-state index in [2.05, 4.69) is 22.5 Å². The molecule has 0 spiro atoms. The van der Waals surface area contributed by atoms with E-state index in [1.165, 1.54) is 4.57 Å². The molecule has 0 aliphatic heterocycles. The van der Waals surface area contributed by atoms with Gasteiger partial charge in [0.1, 0.15) is 0 Å². The average Bonchev–Trinajstić information content (AvgIpc) is 3.30. The van der Waals surface area contributed by atoms with Crippen LogP contribution in [0.3, 0.4) is 0 Å². The second kappa shape index (κ2) is 10.9. The van der Waals surface area contributed by atoms with Gasteiger partial charge < -0.3 is 20.3 Å². The van der Waals surface area contributed by atoms with Crippen molar-refractivity contribution in [2.75, 3.05) is 11.9 Å². The summed E-state index contributed by atoms with van der Waals surface area (Å²) in [6.07, 6.45) is -0.832. The van der Waals surface area contributed by atoms with Crippen LogP contribution in [0.4, 0.5) is 18.9 Å². The zero-order chi connectivity index (χ0) is 24.7. The number of imidazole rings is 1. The van der Waals surface area contributed by atoms with E-state index >= 15 is 0 Å². The van der Waals surface area contributed by atoms with Gasteiger partial charge in [-0.2, -0.15) is 13.2 Å². The molecule has 1 heterocycles. The quantitative estimate of drug-likeness (QED) is 0.382. The van der Waals surface area contributed by atoms with Gasteiger partial charge >= 0.3 is 12.1 Å². The summed E-state index contributed by atoms with van der Waals surface area (Å²) in [4.78, 5) is 26.1. The zero-order valence-corrected chi connectivity index (χ0v) is 18.5. The lowest BCUT2D eigenvalue weighted by Crippen LogP contribution is -2.26. The molecule has 3 aromatic rings. The molecule has 2 aromatic carbocycles. The number of aliphatic carboxylic acids is 1. The monoisotopic (exact) mass is 474 g/mol. The van der Waals surface area contributed by atoms with Gasteiger partial charge in [-0.1, -0.05) is 25.5 Å². The molecule has 7 nitrogen and oxygen atoms in total. The van der Waals surface area contributed by atoms with Crippen molar-refractivity contribution in [1.82, 2.24) is 14.9 Å². The fourth-order valence-electron chi connectivity index (χ4n) is 3.40. The minimum absolute atomic E-state index is 0.0370. The van der Waals surface area contributed by atoms with Gasteiger partial charge in [-0.15, -0.1) is 0 Å². The highest BCUT2D eigenvalue weighted by molar-refractivity contribution is 5.94. The molecular formula is C24H25F3N4O3. The second-order valence-corrected chi connectivity index (χ2v) is 7.72. The fraction of sp³-hybridized carbons (Fsp3) is 0.292. The summed E-state index contributed by atoms with van der Waals surface area (Å²) in [5.74, 6) is -1.31. The molecule has 0 aliphatic carbocycles. The standard InChI is InChI=1S/C24H25F3N4O3/c1-2-3-20(16-4-6-17(7-5-16)23(34)28-13-12-22(32)33)30-18-8-10-19(11-9-18)31-14-21(29-15-31)24(25,26)27/h4-11,14-15,20,30H,2-3,12-13H2,1H3,(H,28,34)(H,32,33)/t20-/m1/s1. The number of hydrogen-bond acceptors (Lipinski definition) is 4. The number of carbonyl (C=O) groups excluding carboxylic acids is 1. The third kappa shape index (κ3) is 6.60. The summed E-state index contributed by atoms with van der Waals surface area (Å²) < 4.78 is 39.7. The Balaban J connectivity index is 1.67. The van der Waals surface area contributed by atoms with E-state index in [9.17, 15) is 22.8 Å². The summed E-state index contributed by atoms with van der Waals surface area (Å²) in [7, 11) is 0. The van der Waals surface area contributed by atoms with Gasteiger partial charge in [0.05, 0.1) is 18.8 Å². The van der Waals surface area contributed by atoms with E-state index in [0.29, 0.717) is 11.3 Å². The van der Waals surface area contributed by atoms with Crippen molar-refractivity contribution < 1.29 is 27.9 Å². The van der Waals surface area contributed by atoms with Gasteiger partial charge in [-0.3, -0.25) is 9.59 Å². The van der Waals surface area contributed by atoms with Gasteiger partial charge in [0.15, 0.2) is 5.69 Å². The molecular weight excluding hydrogens is 449 g/mol. The fourth-order valence-corrected chi connectivity index (χ4v) is 3.40. The van der Waals surface area contributed by atoms with E-state index < -0.39 is 17.8 Å². The first-order chi connectivity index (χ1) is 16.2. The second-order valence-electron chi connectivity index (χ2n) is 7.72. The molecule has 180 valence electrons. The number of benzene rings is 2. The largest absolute Gasteiger partial charge is 0.481 e. The SMILES string of the molecule is CCC[C@@H](Nc1ccc(-n2cnc(C(F)(F)F)c2)cc1)c1ccc(C(=O)NCCC(=O)O)cc1. The number of amides is 1. The van der Waals surface area contributed by atoms with Gasteiger partial charge in [-0.05, 0) is 48.4 Å². The predicted octanol–water partition coefficient (Wildman–Crippen LogP) is 5.05. The number of hydrogen-bond donors (Lipinski definition) is 3. The third-order valence-corrected chi connectivity index (χ3v) is 5.16. The van der Waals surface area contributed by atoms with Crippen LogP contribution in [0.1, 0.15) is 53.8 Å². The number of carboxylic acid groups (broad SMARTS) is 1. The molecule has 3 rings (SSSR count). The lowest BCUT2D eigenvalue weighted by Gasteiger charge is -2.20. The molecule has 1 atom stereocenters. The predicted molar refractivity (Wildman–Crippen MR) is 121 cm³/mol. The first-order valence-corrected chi connectivity index (χ1v) is 10.8. The number of anilines is 1. The average molecular weight is 474 g/mol. The molecule has 0 saturated carbocycles. The van der Waals surface area contributed by atoms with Crippen molar-refractivity contribution in [2.24, 2.45) is 0 Å². The number of nitrogens with zero attached hydrogens (tertiary/aromatic N) is 2. The zero-order valence-electron chi connectivity index (χ0n) is 18.5. The van der Waals surface area contributed by atoms with E-state index in [1.807, 2.05) is 12.1 Å². The minimum atomic E-state index is -4.49. The molecule has 0 bridgehead atoms. The molecule has 1 amide bonds. The molecule has 0 aliphatic rings. The lowest BCUT2D eigenvalue weighted by atomic mass is 10.00. The Bertz CT molecular complexity index is 1110. The molecule has 0 fully saturated rings. The van der Waals surface area contributed by atoms with Crippen LogP contribution in [0.2, 0.25) is 0 Å². The first-order valence-electron chi connectivity index (χ1n) is 10.8. The summed E-state index contributed by atoms with van der Waals surface area (Å²) in [5.41, 5.74) is 1.81. The van der Waals surface area contributed by atoms with Crippen molar-refractivity contribution in [1.29, 1.82) is 0 Å². The molecule has 3 N–H and O–H groups in total. The number of rotatable bonds is 10. The molecule has 0 saturated heterocycles. The molecule has 10 heteroatoms. The number of carboxylic acids is 1. The molecule has 1 aromatic heterocycles. The number of aromatic nitrogens is 2. The van der Waals surface area contributed by atoms with Crippen LogP contribution in [-0.4, -0.2) is 33.1 Å².